The van der Waals surface area contributed by atoms with Gasteiger partial charge in [-0.25, -0.2) is 4.79 Å². The van der Waals surface area contributed by atoms with E-state index in [-0.39, 0.29) is 55.3 Å². The van der Waals surface area contributed by atoms with Crippen LogP contribution in [0, 0.1) is 17.8 Å². The zero-order valence-electron chi connectivity index (χ0n) is 29.4. The third-order valence-corrected chi connectivity index (χ3v) is 9.99. The van der Waals surface area contributed by atoms with Crippen LogP contribution < -0.4 is 0 Å². The van der Waals surface area contributed by atoms with Gasteiger partial charge in [0, 0.05) is 24.8 Å². The van der Waals surface area contributed by atoms with Gasteiger partial charge in [-0.3, -0.25) is 4.79 Å². The maximum atomic E-state index is 13.3. The fourth-order valence-electron chi connectivity index (χ4n) is 6.46. The van der Waals surface area contributed by atoms with E-state index in [0.717, 1.165) is 36.0 Å². The Hall–Kier alpha value is -2.24. The summed E-state index contributed by atoms with van der Waals surface area (Å²) in [6.45, 7) is 14.5. The average molecular weight is 650 g/mol. The molecule has 10 heteroatoms. The van der Waals surface area contributed by atoms with E-state index in [2.05, 4.69) is 27.1 Å². The molecule has 3 aliphatic rings. The van der Waals surface area contributed by atoms with Crippen molar-refractivity contribution in [2.75, 3.05) is 40.3 Å². The number of esters is 1. The number of allylic oxidation sites excluding steroid dienone is 3. The predicted octanol–water partition coefficient (Wildman–Crippen LogP) is 4.38. The Balaban J connectivity index is 1.72. The minimum absolute atomic E-state index is 0.0985. The monoisotopic (exact) mass is 649 g/mol. The number of hydrogen-bond acceptors (Lipinski definition) is 8. The van der Waals surface area contributed by atoms with E-state index in [1.54, 1.807) is 17.9 Å². The number of ether oxygens (including phenoxy) is 3. The average Bonchev–Trinajstić information content (AvgIpc) is 3.77. The Morgan fingerprint density at radius 1 is 1.24 bits per heavy atom. The third kappa shape index (κ3) is 11.5. The highest BCUT2D eigenvalue weighted by Crippen LogP contribution is 2.36. The van der Waals surface area contributed by atoms with E-state index < -0.39 is 36.0 Å². The van der Waals surface area contributed by atoms with Crippen molar-refractivity contribution in [3.63, 3.8) is 0 Å². The van der Waals surface area contributed by atoms with Gasteiger partial charge in [0.15, 0.2) is 6.10 Å². The number of cyclic esters (lactones) is 1. The summed E-state index contributed by atoms with van der Waals surface area (Å²) in [5.74, 6) is -0.440. The van der Waals surface area contributed by atoms with Crippen LogP contribution in [0.5, 0.6) is 0 Å². The van der Waals surface area contributed by atoms with E-state index in [0.29, 0.717) is 19.5 Å². The van der Waals surface area contributed by atoms with Crippen LogP contribution in [0.25, 0.3) is 0 Å². The molecule has 0 spiro atoms. The number of amides is 1. The Morgan fingerprint density at radius 3 is 2.65 bits per heavy atom. The Bertz CT molecular complexity index is 1100. The van der Waals surface area contributed by atoms with E-state index in [9.17, 15) is 24.9 Å². The topological polar surface area (TPSA) is 129 Å². The lowest BCUT2D eigenvalue weighted by Gasteiger charge is -2.34. The number of quaternary nitrogens is 1. The van der Waals surface area contributed by atoms with Gasteiger partial charge >= 0.3 is 12.1 Å². The maximum Gasteiger partial charge on any atom is 0.410 e. The highest BCUT2D eigenvalue weighted by molar-refractivity contribution is 5.70. The van der Waals surface area contributed by atoms with Crippen molar-refractivity contribution < 1.29 is 43.6 Å². The maximum absolute atomic E-state index is 13.3. The van der Waals surface area contributed by atoms with Gasteiger partial charge in [-0.05, 0) is 57.1 Å². The molecule has 0 radical (unpaired) electrons. The molecular weight excluding hydrogens is 588 g/mol. The molecule has 2 fully saturated rings. The molecule has 0 aromatic rings. The number of carbonyl (C=O) groups excluding carboxylic acids is 2. The van der Waals surface area contributed by atoms with Crippen LogP contribution in [-0.2, 0) is 19.0 Å². The fourth-order valence-corrected chi connectivity index (χ4v) is 6.46. The lowest BCUT2D eigenvalue weighted by molar-refractivity contribution is -0.888. The molecule has 0 bridgehead atoms. The number of aliphatic hydroxyl groups is 3. The zero-order chi connectivity index (χ0) is 34.2. The van der Waals surface area contributed by atoms with Crippen LogP contribution in [0.3, 0.4) is 0 Å². The highest BCUT2D eigenvalue weighted by atomic mass is 16.6. The summed E-state index contributed by atoms with van der Waals surface area (Å²) in [4.78, 5) is 27.8. The van der Waals surface area contributed by atoms with Crippen molar-refractivity contribution in [3.8, 4) is 0 Å². The molecule has 0 unspecified atom stereocenters. The summed E-state index contributed by atoms with van der Waals surface area (Å²) in [5, 5.41) is 32.2. The van der Waals surface area contributed by atoms with Crippen molar-refractivity contribution >= 4 is 12.1 Å². The first-order valence-corrected chi connectivity index (χ1v) is 17.3. The number of hydrogen-bond donors (Lipinski definition) is 3. The summed E-state index contributed by atoms with van der Waals surface area (Å²) in [7, 11) is 4.30. The quantitative estimate of drug-likeness (QED) is 0.110. The molecule has 3 heterocycles. The summed E-state index contributed by atoms with van der Waals surface area (Å²) in [6, 6.07) is 0. The summed E-state index contributed by atoms with van der Waals surface area (Å²) in [6.07, 6.45) is 8.94. The first-order chi connectivity index (χ1) is 21.5. The van der Waals surface area contributed by atoms with Crippen LogP contribution in [-0.4, -0.2) is 119 Å². The molecule has 1 amide bonds. The zero-order valence-corrected chi connectivity index (χ0v) is 29.4. The summed E-state index contributed by atoms with van der Waals surface area (Å²) < 4.78 is 18.5. The molecular formula is C36H61N2O8+. The second kappa shape index (κ2) is 16.7. The van der Waals surface area contributed by atoms with Crippen LogP contribution >= 0.6 is 0 Å². The normalized spacial score (nSPS) is 35.6. The highest BCUT2D eigenvalue weighted by Gasteiger charge is 2.45. The van der Waals surface area contributed by atoms with Crippen molar-refractivity contribution in [1.29, 1.82) is 0 Å². The third-order valence-electron chi connectivity index (χ3n) is 9.99. The van der Waals surface area contributed by atoms with Gasteiger partial charge in [-0.2, -0.15) is 0 Å². The summed E-state index contributed by atoms with van der Waals surface area (Å²) >= 11 is 0. The Morgan fingerprint density at radius 2 is 1.96 bits per heavy atom. The lowest BCUT2D eigenvalue weighted by atomic mass is 9.88. The van der Waals surface area contributed by atoms with Crippen LogP contribution in [0.1, 0.15) is 80.1 Å². The molecule has 3 N–H and O–H groups in total. The first kappa shape index (κ1) is 38.2. The standard InChI is InChI=1S/C36H61N2O8/c1-9-29(40)27(5)34-30(44-34)22-24(2)12-10-13-25(3)33-26(4)14-15-31(36(6,43)17-16-28(39)23-32(41)46-33)45-35(42)37-18-11-20-38(7,8)21-19-37/h10,12-15,24,26-31,33-34,39-40,43H,9,11,16-23H2,1-8H3/q+1/b12-10+,15-14+,25-13+/t24-,26+,27-,28-,29+,30-,31+,33-,34-,36-/m1/s1. The fraction of sp³-hybridized carbons (Fsp3) is 0.778. The van der Waals surface area contributed by atoms with Crippen molar-refractivity contribution in [2.45, 2.75) is 122 Å². The van der Waals surface area contributed by atoms with Crippen molar-refractivity contribution in [3.05, 3.63) is 36.0 Å². The molecule has 2 saturated heterocycles. The molecule has 10 nitrogen and oxygen atoms in total. The molecule has 0 saturated carbocycles. The Labute approximate surface area is 276 Å². The van der Waals surface area contributed by atoms with Gasteiger partial charge in [-0.15, -0.1) is 0 Å². The van der Waals surface area contributed by atoms with Crippen molar-refractivity contribution in [1.82, 2.24) is 4.90 Å². The van der Waals surface area contributed by atoms with Gasteiger partial charge in [0.1, 0.15) is 11.7 Å². The number of rotatable bonds is 9. The molecule has 0 aromatic heterocycles. The van der Waals surface area contributed by atoms with Crippen LogP contribution in [0.15, 0.2) is 36.0 Å². The number of likely N-dealkylation sites (N-methyl/N-ethyl adjacent to an activating group) is 1. The van der Waals surface area contributed by atoms with E-state index in [4.69, 9.17) is 14.2 Å². The van der Waals surface area contributed by atoms with Gasteiger partial charge in [-0.1, -0.05) is 52.0 Å². The molecule has 262 valence electrons. The van der Waals surface area contributed by atoms with Gasteiger partial charge in [0.25, 0.3) is 0 Å². The molecule has 0 aromatic carbocycles. The van der Waals surface area contributed by atoms with Gasteiger partial charge in [0.2, 0.25) is 0 Å². The molecule has 3 rings (SSSR count). The van der Waals surface area contributed by atoms with Gasteiger partial charge < -0.3 is 38.9 Å². The van der Waals surface area contributed by atoms with E-state index >= 15 is 0 Å². The predicted molar refractivity (Wildman–Crippen MR) is 178 cm³/mol. The van der Waals surface area contributed by atoms with Crippen LogP contribution in [0.4, 0.5) is 4.79 Å². The van der Waals surface area contributed by atoms with E-state index in [1.807, 2.05) is 45.9 Å². The van der Waals surface area contributed by atoms with E-state index in [1.165, 1.54) is 0 Å². The summed E-state index contributed by atoms with van der Waals surface area (Å²) in [5.41, 5.74) is -0.626. The van der Waals surface area contributed by atoms with Gasteiger partial charge in [0.05, 0.1) is 64.6 Å². The number of epoxide rings is 1. The SMILES string of the molecule is CC[C@H](O)[C@@H](C)[C@H]1O[C@@H]1C[C@H](C)/C=C/C=C(\C)[C@H]1OC(=O)C[C@H](O)CC[C@@](C)(O)[C@@H](OC(=O)N2CCC[N+](C)(C)CC2)/C=C/[C@@H]1C. The molecule has 10 atom stereocenters. The molecule has 3 aliphatic heterocycles. The molecule has 46 heavy (non-hydrogen) atoms. The lowest BCUT2D eigenvalue weighted by Crippen LogP contribution is -2.46. The smallest absolute Gasteiger partial charge is 0.410 e. The van der Waals surface area contributed by atoms with Crippen molar-refractivity contribution in [2.24, 2.45) is 17.8 Å². The largest absolute Gasteiger partial charge is 0.457 e. The number of aliphatic hydroxyl groups excluding tert-OH is 2. The molecule has 0 aliphatic carbocycles. The minimum Gasteiger partial charge on any atom is -0.457 e. The number of carbonyl (C=O) groups is 2. The van der Waals surface area contributed by atoms with Crippen LogP contribution in [0.2, 0.25) is 0 Å². The second-order valence-electron chi connectivity index (χ2n) is 14.9. The number of nitrogens with zero attached hydrogens (tertiary/aromatic N) is 2. The Kier molecular flexibility index (Phi) is 13.9. The second-order valence-corrected chi connectivity index (χ2v) is 14.9. The first-order valence-electron chi connectivity index (χ1n) is 17.3. The minimum atomic E-state index is -1.45.